The summed E-state index contributed by atoms with van der Waals surface area (Å²) in [6, 6.07) is 7.42. The second kappa shape index (κ2) is 9.73. The van der Waals surface area contributed by atoms with Crippen molar-refractivity contribution in [2.24, 2.45) is 5.41 Å². The molecule has 36 heavy (non-hydrogen) atoms. The Kier molecular flexibility index (Phi) is 6.69. The Balaban J connectivity index is 1.78. The first-order valence-electron chi connectivity index (χ1n) is 11.3. The molecule has 1 unspecified atom stereocenters. The number of pyridine rings is 3. The Hall–Kier alpha value is -4.34. The molecule has 4 aromatic rings. The van der Waals surface area contributed by atoms with Gasteiger partial charge in [-0.3, -0.25) is 9.97 Å². The van der Waals surface area contributed by atoms with Crippen LogP contribution in [0.5, 0.6) is 17.2 Å². The molecule has 10 heteroatoms. The summed E-state index contributed by atoms with van der Waals surface area (Å²) >= 11 is 0. The van der Waals surface area contributed by atoms with Crippen LogP contribution in [0.15, 0.2) is 42.9 Å². The number of nitrogens with one attached hydrogen (secondary N) is 1. The molecule has 1 amide bonds. The number of aromatic nitrogens is 3. The number of fused-ring (bicyclic) bond motifs is 3. The van der Waals surface area contributed by atoms with Gasteiger partial charge in [-0.25, -0.2) is 9.78 Å². The second-order valence-electron chi connectivity index (χ2n) is 9.40. The van der Waals surface area contributed by atoms with E-state index in [4.69, 9.17) is 25.1 Å². The normalized spacial score (nSPS) is 12.4. The lowest BCUT2D eigenvalue weighted by molar-refractivity contribution is 0.0846. The number of benzene rings is 1. The van der Waals surface area contributed by atoms with Crippen molar-refractivity contribution in [3.05, 3.63) is 42.9 Å². The highest BCUT2D eigenvalue weighted by atomic mass is 16.5. The summed E-state index contributed by atoms with van der Waals surface area (Å²) in [4.78, 5) is 24.4. The summed E-state index contributed by atoms with van der Waals surface area (Å²) in [5.74, 6) is 1.98. The molecule has 4 rings (SSSR count). The van der Waals surface area contributed by atoms with E-state index in [0.29, 0.717) is 39.7 Å². The van der Waals surface area contributed by atoms with E-state index >= 15 is 0 Å². The van der Waals surface area contributed by atoms with Gasteiger partial charge in [0.05, 0.1) is 38.2 Å². The minimum atomic E-state index is -1.11. The summed E-state index contributed by atoms with van der Waals surface area (Å²) in [6.45, 7) is 6.07. The average Bonchev–Trinajstić information content (AvgIpc) is 2.84. The van der Waals surface area contributed by atoms with Crippen molar-refractivity contribution in [1.29, 1.82) is 0 Å². The number of hydrogen-bond donors (Lipinski definition) is 3. The van der Waals surface area contributed by atoms with Crippen molar-refractivity contribution < 1.29 is 24.1 Å². The van der Waals surface area contributed by atoms with Crippen LogP contribution in [0.1, 0.15) is 20.8 Å². The van der Waals surface area contributed by atoms with Crippen molar-refractivity contribution in [3.8, 4) is 28.5 Å². The van der Waals surface area contributed by atoms with Gasteiger partial charge in [0.2, 0.25) is 0 Å². The Morgan fingerprint density at radius 3 is 2.42 bits per heavy atom. The van der Waals surface area contributed by atoms with Gasteiger partial charge in [0.15, 0.2) is 11.5 Å². The number of nitrogen functional groups attached to an aromatic ring is 1. The average molecular weight is 492 g/mol. The number of amides is 1. The zero-order valence-corrected chi connectivity index (χ0v) is 20.8. The van der Waals surface area contributed by atoms with E-state index in [1.54, 1.807) is 32.8 Å². The molecule has 0 spiro atoms. The van der Waals surface area contributed by atoms with Gasteiger partial charge in [0.1, 0.15) is 17.7 Å². The van der Waals surface area contributed by atoms with Crippen LogP contribution in [-0.4, -0.2) is 53.0 Å². The monoisotopic (exact) mass is 491 g/mol. The Bertz CT molecular complexity index is 1430. The Labute approximate surface area is 208 Å². The van der Waals surface area contributed by atoms with Crippen molar-refractivity contribution in [2.45, 2.75) is 26.9 Å². The maximum absolute atomic E-state index is 11.0. The highest BCUT2D eigenvalue weighted by Crippen LogP contribution is 2.37. The van der Waals surface area contributed by atoms with Gasteiger partial charge in [0, 0.05) is 40.2 Å². The predicted octanol–water partition coefficient (Wildman–Crippen LogP) is 4.51. The molecular weight excluding hydrogens is 462 g/mol. The Morgan fingerprint density at radius 1 is 1.03 bits per heavy atom. The van der Waals surface area contributed by atoms with Gasteiger partial charge in [-0.2, -0.15) is 0 Å². The fraction of sp³-hybridized carbons (Fsp3) is 0.308. The summed E-state index contributed by atoms with van der Waals surface area (Å²) < 4.78 is 17.0. The lowest BCUT2D eigenvalue weighted by Crippen LogP contribution is -2.42. The molecule has 1 aromatic carbocycles. The second-order valence-corrected chi connectivity index (χ2v) is 9.40. The first kappa shape index (κ1) is 24.8. The summed E-state index contributed by atoms with van der Waals surface area (Å²) in [5, 5.41) is 13.8. The number of ether oxygens (including phenoxy) is 3. The predicted molar refractivity (Wildman–Crippen MR) is 138 cm³/mol. The number of carbonyl (C=O) groups is 1. The van der Waals surface area contributed by atoms with Crippen LogP contribution in [-0.2, 0) is 0 Å². The van der Waals surface area contributed by atoms with Gasteiger partial charge in [-0.05, 0) is 23.6 Å². The third-order valence-electron chi connectivity index (χ3n) is 5.90. The molecule has 0 bridgehead atoms. The topological polar surface area (TPSA) is 142 Å². The lowest BCUT2D eigenvalue weighted by atomic mass is 9.89. The van der Waals surface area contributed by atoms with Crippen LogP contribution in [0.25, 0.3) is 32.9 Å². The fourth-order valence-corrected chi connectivity index (χ4v) is 3.90. The number of anilines is 1. The number of rotatable bonds is 7. The molecule has 0 saturated carbocycles. The maximum atomic E-state index is 11.0. The molecule has 0 saturated heterocycles. The largest absolute Gasteiger partial charge is 0.493 e. The molecule has 0 aliphatic heterocycles. The fourth-order valence-electron chi connectivity index (χ4n) is 3.90. The molecular formula is C26H29N5O5. The number of nitrogens with two attached hydrogens (primary N) is 1. The van der Waals surface area contributed by atoms with Crippen LogP contribution < -0.4 is 25.3 Å². The third kappa shape index (κ3) is 5.02. The van der Waals surface area contributed by atoms with Crippen molar-refractivity contribution >= 4 is 33.6 Å². The van der Waals surface area contributed by atoms with Crippen molar-refractivity contribution in [3.63, 3.8) is 0 Å². The molecule has 0 fully saturated rings. The highest BCUT2D eigenvalue weighted by molar-refractivity contribution is 6.10. The van der Waals surface area contributed by atoms with Crippen molar-refractivity contribution in [2.75, 3.05) is 26.5 Å². The van der Waals surface area contributed by atoms with Crippen LogP contribution in [0.2, 0.25) is 0 Å². The van der Waals surface area contributed by atoms with E-state index < -0.39 is 12.2 Å². The third-order valence-corrected chi connectivity index (χ3v) is 5.90. The van der Waals surface area contributed by atoms with Crippen molar-refractivity contribution in [1.82, 2.24) is 20.3 Å². The van der Waals surface area contributed by atoms with Crippen LogP contribution >= 0.6 is 0 Å². The SMILES string of the molecule is COc1cc2ncc3c(N)nc(-c4cncc(OC(CNC(=O)O)C(C)(C)C)c4)cc3c2cc1OC. The maximum Gasteiger partial charge on any atom is 0.404 e. The molecule has 3 aromatic heterocycles. The quantitative estimate of drug-likeness (QED) is 0.318. The molecule has 3 heterocycles. The number of carboxylic acid groups (broad SMARTS) is 1. The van der Waals surface area contributed by atoms with Gasteiger partial charge >= 0.3 is 6.09 Å². The first-order valence-corrected chi connectivity index (χ1v) is 11.3. The summed E-state index contributed by atoms with van der Waals surface area (Å²) in [7, 11) is 3.16. The molecule has 10 nitrogen and oxygen atoms in total. The van der Waals surface area contributed by atoms with Gasteiger partial charge in [-0.1, -0.05) is 20.8 Å². The molecule has 0 radical (unpaired) electrons. The molecule has 0 aliphatic carbocycles. The van der Waals surface area contributed by atoms with Crippen LogP contribution in [0.3, 0.4) is 0 Å². The zero-order valence-electron chi connectivity index (χ0n) is 20.8. The van der Waals surface area contributed by atoms with Gasteiger partial charge in [-0.15, -0.1) is 0 Å². The molecule has 1 atom stereocenters. The van der Waals surface area contributed by atoms with Gasteiger partial charge < -0.3 is 30.4 Å². The summed E-state index contributed by atoms with van der Waals surface area (Å²) in [6.07, 6.45) is 3.43. The smallest absolute Gasteiger partial charge is 0.404 e. The minimum Gasteiger partial charge on any atom is -0.493 e. The number of nitrogens with zero attached hydrogens (tertiary/aromatic N) is 3. The van der Waals surface area contributed by atoms with E-state index in [-0.39, 0.29) is 12.0 Å². The molecule has 0 aliphatic rings. The van der Waals surface area contributed by atoms with E-state index in [0.717, 1.165) is 16.3 Å². The number of hydrogen-bond acceptors (Lipinski definition) is 8. The molecule has 188 valence electrons. The Morgan fingerprint density at radius 2 is 1.75 bits per heavy atom. The molecule has 4 N–H and O–H groups in total. The lowest BCUT2D eigenvalue weighted by Gasteiger charge is -2.31. The van der Waals surface area contributed by atoms with E-state index in [2.05, 4.69) is 20.3 Å². The first-order chi connectivity index (χ1) is 17.1. The highest BCUT2D eigenvalue weighted by Gasteiger charge is 2.27. The minimum absolute atomic E-state index is 0.133. The number of methoxy groups -OCH3 is 2. The van der Waals surface area contributed by atoms with E-state index in [9.17, 15) is 4.79 Å². The summed E-state index contributed by atoms with van der Waals surface area (Å²) in [5.41, 5.74) is 8.04. The van der Waals surface area contributed by atoms with E-state index in [1.807, 2.05) is 45.0 Å². The van der Waals surface area contributed by atoms with Crippen LogP contribution in [0.4, 0.5) is 10.6 Å². The van der Waals surface area contributed by atoms with Gasteiger partial charge in [0.25, 0.3) is 0 Å². The van der Waals surface area contributed by atoms with Crippen LogP contribution in [0, 0.1) is 5.41 Å². The standard InChI is InChI=1S/C26H29N5O5/c1-26(2,3)23(13-30-25(32)33)36-15-6-14(10-28-11-15)19-7-16-17-8-21(34-4)22(35-5)9-20(17)29-12-18(16)24(27)31-19/h6-12,23,30H,13H2,1-5H3,(H2,27,31)(H,32,33). The van der Waals surface area contributed by atoms with E-state index in [1.165, 1.54) is 0 Å². The zero-order chi connectivity index (χ0) is 26.0.